The first-order chi connectivity index (χ1) is 8.43. The molecule has 0 nitrogen and oxygen atoms in total. The quantitative estimate of drug-likeness (QED) is 0.655. The van der Waals surface area contributed by atoms with Crippen molar-refractivity contribution in [2.75, 3.05) is 0 Å². The van der Waals surface area contributed by atoms with Crippen LogP contribution < -0.4 is 0 Å². The van der Waals surface area contributed by atoms with E-state index in [1.165, 1.54) is 43.2 Å². The number of hydrogen-bond donors (Lipinski definition) is 0. The third kappa shape index (κ3) is 2.44. The second-order valence-corrected chi connectivity index (χ2v) is 5.75. The van der Waals surface area contributed by atoms with E-state index < -0.39 is 0 Å². The van der Waals surface area contributed by atoms with Gasteiger partial charge in [-0.05, 0) is 52.3 Å². The zero-order valence-corrected chi connectivity index (χ0v) is 10.9. The summed E-state index contributed by atoms with van der Waals surface area (Å²) >= 11 is 1.78. The van der Waals surface area contributed by atoms with Gasteiger partial charge in [0.1, 0.15) is 0 Å². The highest BCUT2D eigenvalue weighted by molar-refractivity contribution is 7.08. The summed E-state index contributed by atoms with van der Waals surface area (Å²) in [6, 6.07) is 11.4. The monoisotopic (exact) mass is 242 g/mol. The second kappa shape index (κ2) is 5.05. The highest BCUT2D eigenvalue weighted by Gasteiger charge is 2.15. The normalized spacial score (nSPS) is 17.2. The maximum Gasteiger partial charge on any atom is -0.00147 e. The molecule has 1 saturated carbocycles. The third-order valence-corrected chi connectivity index (χ3v) is 4.50. The van der Waals surface area contributed by atoms with Gasteiger partial charge < -0.3 is 0 Å². The average Bonchev–Trinajstić information content (AvgIpc) is 2.94. The summed E-state index contributed by atoms with van der Waals surface area (Å²) in [5, 5.41) is 4.39. The van der Waals surface area contributed by atoms with Crippen molar-refractivity contribution >= 4 is 11.3 Å². The van der Waals surface area contributed by atoms with Gasteiger partial charge in [0.15, 0.2) is 0 Å². The highest BCUT2D eigenvalue weighted by atomic mass is 32.1. The molecule has 0 unspecified atom stereocenters. The topological polar surface area (TPSA) is 0 Å². The van der Waals surface area contributed by atoms with Crippen LogP contribution in [0, 0.1) is 0 Å². The van der Waals surface area contributed by atoms with Crippen LogP contribution in [0.15, 0.2) is 41.1 Å². The summed E-state index contributed by atoms with van der Waals surface area (Å²) in [5.74, 6) is 0.808. The molecule has 2 aromatic rings. The van der Waals surface area contributed by atoms with E-state index in [-0.39, 0.29) is 0 Å². The van der Waals surface area contributed by atoms with Gasteiger partial charge in [0.2, 0.25) is 0 Å². The fourth-order valence-electron chi connectivity index (χ4n) is 2.84. The van der Waals surface area contributed by atoms with Crippen molar-refractivity contribution in [2.24, 2.45) is 0 Å². The van der Waals surface area contributed by atoms with Crippen LogP contribution >= 0.6 is 11.3 Å². The number of benzene rings is 1. The Bertz CT molecular complexity index is 464. The van der Waals surface area contributed by atoms with Crippen LogP contribution in [0.3, 0.4) is 0 Å². The Morgan fingerprint density at radius 3 is 2.59 bits per heavy atom. The lowest BCUT2D eigenvalue weighted by molar-refractivity contribution is 0.444. The molecule has 0 N–H and O–H groups in total. The van der Waals surface area contributed by atoms with Gasteiger partial charge in [0, 0.05) is 0 Å². The van der Waals surface area contributed by atoms with Crippen LogP contribution in [0.2, 0.25) is 0 Å². The van der Waals surface area contributed by atoms with Crippen molar-refractivity contribution in [1.29, 1.82) is 0 Å². The van der Waals surface area contributed by atoms with Gasteiger partial charge in [-0.15, -0.1) is 0 Å². The van der Waals surface area contributed by atoms with Crippen LogP contribution in [-0.2, 0) is 0 Å². The van der Waals surface area contributed by atoms with E-state index in [1.54, 1.807) is 16.9 Å². The van der Waals surface area contributed by atoms with Crippen LogP contribution in [-0.4, -0.2) is 0 Å². The molecule has 1 heterocycles. The molecule has 1 aromatic heterocycles. The van der Waals surface area contributed by atoms with Gasteiger partial charge in [-0.1, -0.05) is 43.5 Å². The smallest absolute Gasteiger partial charge is 0.00147 e. The maximum absolute atomic E-state index is 2.40. The molecule has 3 rings (SSSR count). The zero-order valence-electron chi connectivity index (χ0n) is 10.1. The van der Waals surface area contributed by atoms with Gasteiger partial charge in [0.25, 0.3) is 0 Å². The zero-order chi connectivity index (χ0) is 11.5. The maximum atomic E-state index is 2.40. The van der Waals surface area contributed by atoms with Crippen LogP contribution in [0.1, 0.15) is 43.6 Å². The molecule has 0 atom stereocenters. The van der Waals surface area contributed by atoms with E-state index in [0.29, 0.717) is 0 Å². The van der Waals surface area contributed by atoms with Gasteiger partial charge in [0.05, 0.1) is 0 Å². The molecule has 0 amide bonds. The Labute approximate surface area is 107 Å². The largest absolute Gasteiger partial charge is 0.152 e. The minimum Gasteiger partial charge on any atom is -0.152 e. The van der Waals surface area contributed by atoms with Gasteiger partial charge in [-0.25, -0.2) is 0 Å². The number of rotatable bonds is 2. The van der Waals surface area contributed by atoms with E-state index in [4.69, 9.17) is 0 Å². The minimum atomic E-state index is 0.808. The molecule has 1 aliphatic rings. The van der Waals surface area contributed by atoms with Crippen molar-refractivity contribution < 1.29 is 0 Å². The number of hydrogen-bond acceptors (Lipinski definition) is 1. The van der Waals surface area contributed by atoms with Crippen molar-refractivity contribution in [3.63, 3.8) is 0 Å². The lowest BCUT2D eigenvalue weighted by atomic mass is 9.83. The molecule has 1 aromatic carbocycles. The lowest BCUT2D eigenvalue weighted by Crippen LogP contribution is -2.04. The first kappa shape index (κ1) is 11.0. The first-order valence-corrected chi connectivity index (χ1v) is 7.50. The molecule has 1 fully saturated rings. The summed E-state index contributed by atoms with van der Waals surface area (Å²) in [7, 11) is 0. The Morgan fingerprint density at radius 1 is 0.941 bits per heavy atom. The summed E-state index contributed by atoms with van der Waals surface area (Å²) in [6.45, 7) is 0. The van der Waals surface area contributed by atoms with E-state index >= 15 is 0 Å². The Balaban J connectivity index is 1.88. The molecule has 0 aliphatic heterocycles. The highest BCUT2D eigenvalue weighted by Crippen LogP contribution is 2.34. The second-order valence-electron chi connectivity index (χ2n) is 4.97. The van der Waals surface area contributed by atoms with Crippen molar-refractivity contribution in [3.05, 3.63) is 46.7 Å². The van der Waals surface area contributed by atoms with Gasteiger partial charge in [-0.2, -0.15) is 11.3 Å². The SMILES string of the molecule is c1cc(-c2ccsc2)cc(C2CCCCC2)c1. The average molecular weight is 242 g/mol. The molecule has 0 spiro atoms. The van der Waals surface area contributed by atoms with Crippen molar-refractivity contribution in [3.8, 4) is 11.1 Å². The molecular weight excluding hydrogens is 224 g/mol. The summed E-state index contributed by atoms with van der Waals surface area (Å²) < 4.78 is 0. The summed E-state index contributed by atoms with van der Waals surface area (Å²) in [6.07, 6.45) is 7.02. The molecule has 1 aliphatic carbocycles. The number of thiophene rings is 1. The van der Waals surface area contributed by atoms with E-state index in [2.05, 4.69) is 41.1 Å². The van der Waals surface area contributed by atoms with Crippen molar-refractivity contribution in [2.45, 2.75) is 38.0 Å². The molecule has 0 radical (unpaired) electrons. The van der Waals surface area contributed by atoms with Crippen LogP contribution in [0.25, 0.3) is 11.1 Å². The first-order valence-electron chi connectivity index (χ1n) is 6.56. The van der Waals surface area contributed by atoms with Crippen LogP contribution in [0.4, 0.5) is 0 Å². The Hall–Kier alpha value is -1.08. The molecule has 17 heavy (non-hydrogen) atoms. The van der Waals surface area contributed by atoms with Gasteiger partial charge >= 0.3 is 0 Å². The van der Waals surface area contributed by atoms with E-state index in [0.717, 1.165) is 5.92 Å². The predicted octanol–water partition coefficient (Wildman–Crippen LogP) is 5.46. The lowest BCUT2D eigenvalue weighted by Gasteiger charge is -2.22. The molecule has 0 bridgehead atoms. The fourth-order valence-corrected chi connectivity index (χ4v) is 3.50. The van der Waals surface area contributed by atoms with E-state index in [9.17, 15) is 0 Å². The molecular formula is C16H18S. The third-order valence-electron chi connectivity index (χ3n) is 3.82. The summed E-state index contributed by atoms with van der Waals surface area (Å²) in [4.78, 5) is 0. The Morgan fingerprint density at radius 2 is 1.82 bits per heavy atom. The minimum absolute atomic E-state index is 0.808. The van der Waals surface area contributed by atoms with Gasteiger partial charge in [-0.3, -0.25) is 0 Å². The molecule has 0 saturated heterocycles. The fraction of sp³-hybridized carbons (Fsp3) is 0.375. The van der Waals surface area contributed by atoms with E-state index in [1.807, 2.05) is 0 Å². The molecule has 1 heteroatoms. The molecule has 88 valence electrons. The predicted molar refractivity (Wildman–Crippen MR) is 75.6 cm³/mol. The summed E-state index contributed by atoms with van der Waals surface area (Å²) in [5.41, 5.74) is 4.30. The Kier molecular flexibility index (Phi) is 3.28. The standard InChI is InChI=1S/C16H18S/c1-2-5-13(6-3-1)14-7-4-8-15(11-14)16-9-10-17-12-16/h4,7-13H,1-3,5-6H2. The van der Waals surface area contributed by atoms with Crippen molar-refractivity contribution in [1.82, 2.24) is 0 Å². The van der Waals surface area contributed by atoms with Crippen LogP contribution in [0.5, 0.6) is 0 Å².